The Morgan fingerprint density at radius 1 is 1.06 bits per heavy atom. The highest BCUT2D eigenvalue weighted by Crippen LogP contribution is 2.32. The third-order valence-electron chi connectivity index (χ3n) is 4.77. The fourth-order valence-electron chi connectivity index (χ4n) is 3.12. The number of hydrogen-bond acceptors (Lipinski definition) is 10. The van der Waals surface area contributed by atoms with Crippen molar-refractivity contribution in [2.45, 2.75) is 11.0 Å². The maximum absolute atomic E-state index is 14.7. The van der Waals surface area contributed by atoms with Crippen molar-refractivity contribution in [3.8, 4) is 17.1 Å². The molecule has 174 valence electrons. The standard InChI is InChI=1S/C22H15FN8O3S/c23-18-10-11-24-20(25-14-4-2-1-3-5-14)19(18)21-27-28-22(34-21)35-13-15-12-30(29-26-15)16-6-8-17(9-7-16)31(32)33/h1-12H,13H2,(H,24,25). The Morgan fingerprint density at radius 3 is 2.63 bits per heavy atom. The summed E-state index contributed by atoms with van der Waals surface area (Å²) in [7, 11) is 0. The zero-order valence-corrected chi connectivity index (χ0v) is 18.6. The van der Waals surface area contributed by atoms with Crippen LogP contribution in [-0.4, -0.2) is 35.1 Å². The average Bonchev–Trinajstić information content (AvgIpc) is 3.53. The van der Waals surface area contributed by atoms with Gasteiger partial charge in [0.25, 0.3) is 16.8 Å². The van der Waals surface area contributed by atoms with Gasteiger partial charge in [-0.15, -0.1) is 15.3 Å². The SMILES string of the molecule is O=[N+]([O-])c1ccc(-n2cc(CSc3nnc(-c4c(F)ccnc4Nc4ccccc4)o3)nn2)cc1. The number of non-ortho nitro benzene ring substituents is 1. The van der Waals surface area contributed by atoms with E-state index in [2.05, 4.69) is 30.8 Å². The third-order valence-corrected chi connectivity index (χ3v) is 5.62. The maximum Gasteiger partial charge on any atom is 0.277 e. The minimum atomic E-state index is -0.551. The number of halogens is 1. The van der Waals surface area contributed by atoms with E-state index < -0.39 is 10.7 Å². The van der Waals surface area contributed by atoms with Gasteiger partial charge in [-0.05, 0) is 30.3 Å². The van der Waals surface area contributed by atoms with Crippen molar-refractivity contribution in [1.29, 1.82) is 0 Å². The third kappa shape index (κ3) is 4.99. The molecule has 0 unspecified atom stereocenters. The van der Waals surface area contributed by atoms with Crippen molar-refractivity contribution in [2.75, 3.05) is 5.32 Å². The fourth-order valence-corrected chi connectivity index (χ4v) is 3.76. The zero-order valence-electron chi connectivity index (χ0n) is 17.8. The van der Waals surface area contributed by atoms with Gasteiger partial charge in [0.15, 0.2) is 0 Å². The van der Waals surface area contributed by atoms with Gasteiger partial charge in [0.2, 0.25) is 0 Å². The summed E-state index contributed by atoms with van der Waals surface area (Å²) in [6, 6.07) is 16.4. The normalized spacial score (nSPS) is 10.9. The van der Waals surface area contributed by atoms with E-state index in [1.165, 1.54) is 40.8 Å². The van der Waals surface area contributed by atoms with Crippen LogP contribution in [0, 0.1) is 15.9 Å². The summed E-state index contributed by atoms with van der Waals surface area (Å²) in [5, 5.41) is 30.2. The lowest BCUT2D eigenvalue weighted by molar-refractivity contribution is -0.384. The predicted molar refractivity (Wildman–Crippen MR) is 125 cm³/mol. The summed E-state index contributed by atoms with van der Waals surface area (Å²) in [5.41, 5.74) is 2.04. The number of hydrogen-bond donors (Lipinski definition) is 1. The lowest BCUT2D eigenvalue weighted by atomic mass is 10.2. The topological polar surface area (TPSA) is 138 Å². The van der Waals surface area contributed by atoms with Gasteiger partial charge in [-0.3, -0.25) is 10.1 Å². The van der Waals surface area contributed by atoms with Crippen molar-refractivity contribution < 1.29 is 13.7 Å². The lowest BCUT2D eigenvalue weighted by Crippen LogP contribution is -1.98. The first kappa shape index (κ1) is 22.2. The average molecular weight is 490 g/mol. The van der Waals surface area contributed by atoms with Gasteiger partial charge in [0, 0.05) is 29.8 Å². The molecule has 0 radical (unpaired) electrons. The molecule has 0 saturated carbocycles. The van der Waals surface area contributed by atoms with Crippen LogP contribution in [0.25, 0.3) is 17.1 Å². The number of thioether (sulfide) groups is 1. The van der Waals surface area contributed by atoms with E-state index in [1.807, 2.05) is 30.3 Å². The number of anilines is 2. The predicted octanol–water partition coefficient (Wildman–Crippen LogP) is 4.80. The minimum absolute atomic E-state index is 0.00827. The fraction of sp³-hybridized carbons (Fsp3) is 0.0455. The Bertz CT molecular complexity index is 1470. The van der Waals surface area contributed by atoms with Gasteiger partial charge in [0.1, 0.15) is 17.2 Å². The summed E-state index contributed by atoms with van der Waals surface area (Å²) in [4.78, 5) is 14.6. The van der Waals surface area contributed by atoms with Crippen molar-refractivity contribution in [2.24, 2.45) is 0 Å². The Kier molecular flexibility index (Phi) is 6.13. The first-order valence-corrected chi connectivity index (χ1v) is 11.1. The van der Waals surface area contributed by atoms with E-state index in [4.69, 9.17) is 4.42 Å². The van der Waals surface area contributed by atoms with Crippen molar-refractivity contribution in [1.82, 2.24) is 30.2 Å². The van der Waals surface area contributed by atoms with Gasteiger partial charge in [-0.25, -0.2) is 14.1 Å². The molecule has 0 fully saturated rings. The molecule has 5 aromatic rings. The number of rotatable bonds is 8. The first-order valence-electron chi connectivity index (χ1n) is 10.2. The quantitative estimate of drug-likeness (QED) is 0.183. The van der Waals surface area contributed by atoms with E-state index in [0.29, 0.717) is 17.1 Å². The number of para-hydroxylation sites is 1. The molecular formula is C22H15FN8O3S. The van der Waals surface area contributed by atoms with Gasteiger partial charge in [-0.1, -0.05) is 35.2 Å². The summed E-state index contributed by atoms with van der Waals surface area (Å²) >= 11 is 1.21. The van der Waals surface area contributed by atoms with E-state index in [9.17, 15) is 14.5 Å². The van der Waals surface area contributed by atoms with Crippen molar-refractivity contribution in [3.05, 3.63) is 94.7 Å². The highest BCUT2D eigenvalue weighted by molar-refractivity contribution is 7.98. The van der Waals surface area contributed by atoms with Crippen LogP contribution >= 0.6 is 11.8 Å². The van der Waals surface area contributed by atoms with Crippen molar-refractivity contribution >= 4 is 29.0 Å². The van der Waals surface area contributed by atoms with Crippen LogP contribution in [0.5, 0.6) is 0 Å². The molecule has 35 heavy (non-hydrogen) atoms. The monoisotopic (exact) mass is 490 g/mol. The number of benzene rings is 2. The molecule has 0 aliphatic heterocycles. The second kappa shape index (κ2) is 9.69. The molecule has 5 rings (SSSR count). The molecule has 13 heteroatoms. The number of nitro benzene ring substituents is 1. The molecule has 0 spiro atoms. The van der Waals surface area contributed by atoms with Crippen molar-refractivity contribution in [3.63, 3.8) is 0 Å². The highest BCUT2D eigenvalue weighted by Gasteiger charge is 2.19. The molecule has 3 aromatic heterocycles. The van der Waals surface area contributed by atoms with Crippen LogP contribution in [0.15, 0.2) is 82.7 Å². The molecule has 0 amide bonds. The van der Waals surface area contributed by atoms with E-state index in [0.717, 1.165) is 5.69 Å². The summed E-state index contributed by atoms with van der Waals surface area (Å²) in [6.45, 7) is 0. The van der Waals surface area contributed by atoms with E-state index in [1.54, 1.807) is 18.3 Å². The first-order chi connectivity index (χ1) is 17.1. The molecule has 0 atom stereocenters. The molecular weight excluding hydrogens is 475 g/mol. The summed E-state index contributed by atoms with van der Waals surface area (Å²) in [6.07, 6.45) is 3.04. The smallest absolute Gasteiger partial charge is 0.277 e. The molecule has 0 bridgehead atoms. The Morgan fingerprint density at radius 2 is 1.86 bits per heavy atom. The van der Waals surface area contributed by atoms with Crippen LogP contribution in [0.4, 0.5) is 21.6 Å². The second-order valence-electron chi connectivity index (χ2n) is 7.10. The second-order valence-corrected chi connectivity index (χ2v) is 8.02. The summed E-state index contributed by atoms with van der Waals surface area (Å²) in [5.74, 6) is 0.0531. The van der Waals surface area contributed by atoms with Crippen LogP contribution in [-0.2, 0) is 5.75 Å². The molecule has 0 aliphatic rings. The molecule has 2 aromatic carbocycles. The van der Waals surface area contributed by atoms with Gasteiger partial charge in [-0.2, -0.15) is 0 Å². The Labute approximate surface area is 201 Å². The molecule has 3 heterocycles. The number of pyridine rings is 1. The van der Waals surface area contributed by atoms with Gasteiger partial charge < -0.3 is 9.73 Å². The van der Waals surface area contributed by atoms with Crippen LogP contribution < -0.4 is 5.32 Å². The van der Waals surface area contributed by atoms with Crippen LogP contribution in [0.2, 0.25) is 0 Å². The molecule has 0 aliphatic carbocycles. The number of nitrogens with zero attached hydrogens (tertiary/aromatic N) is 7. The van der Waals surface area contributed by atoms with Gasteiger partial charge in [0.05, 0.1) is 22.5 Å². The number of aromatic nitrogens is 6. The number of nitro groups is 1. The van der Waals surface area contributed by atoms with E-state index >= 15 is 0 Å². The minimum Gasteiger partial charge on any atom is -0.411 e. The largest absolute Gasteiger partial charge is 0.411 e. The number of nitrogens with one attached hydrogen (secondary N) is 1. The maximum atomic E-state index is 14.7. The highest BCUT2D eigenvalue weighted by atomic mass is 32.2. The van der Waals surface area contributed by atoms with Crippen LogP contribution in [0.1, 0.15) is 5.69 Å². The zero-order chi connectivity index (χ0) is 24.2. The summed E-state index contributed by atoms with van der Waals surface area (Å²) < 4.78 is 21.8. The molecule has 1 N–H and O–H groups in total. The van der Waals surface area contributed by atoms with Gasteiger partial charge >= 0.3 is 0 Å². The van der Waals surface area contributed by atoms with Crippen LogP contribution in [0.3, 0.4) is 0 Å². The molecule has 11 nitrogen and oxygen atoms in total. The van der Waals surface area contributed by atoms with E-state index in [-0.39, 0.29) is 28.2 Å². The molecule has 0 saturated heterocycles. The Hall–Kier alpha value is -4.65. The lowest BCUT2D eigenvalue weighted by Gasteiger charge is -2.09. The Balaban J connectivity index is 1.29.